The van der Waals surface area contributed by atoms with E-state index in [-0.39, 0.29) is 17.7 Å². The van der Waals surface area contributed by atoms with Crippen LogP contribution in [0.3, 0.4) is 0 Å². The third-order valence-corrected chi connectivity index (χ3v) is 9.39. The first-order valence-electron chi connectivity index (χ1n) is 7.75. The van der Waals surface area contributed by atoms with Gasteiger partial charge in [-0.3, -0.25) is 0 Å². The molecule has 2 aromatic rings. The minimum atomic E-state index is -1.86. The van der Waals surface area contributed by atoms with Gasteiger partial charge in [0.15, 0.2) is 19.1 Å². The molecule has 2 aromatic heterocycles. The number of halogens is 1. The van der Waals surface area contributed by atoms with Crippen molar-refractivity contribution in [1.82, 2.24) is 19.5 Å². The minimum absolute atomic E-state index is 0.0370. The molecule has 0 amide bonds. The Morgan fingerprint density at radius 1 is 1.30 bits per heavy atom. The molecule has 1 N–H and O–H groups in total. The van der Waals surface area contributed by atoms with Crippen LogP contribution in [-0.4, -0.2) is 46.2 Å². The lowest BCUT2D eigenvalue weighted by molar-refractivity contribution is 0.191. The minimum Gasteiger partial charge on any atom is -0.415 e. The molecule has 0 spiro atoms. The van der Waals surface area contributed by atoms with Crippen molar-refractivity contribution in [2.75, 3.05) is 13.2 Å². The Morgan fingerprint density at radius 2 is 2.00 bits per heavy atom. The van der Waals surface area contributed by atoms with E-state index in [1.165, 1.54) is 6.33 Å². The molecule has 8 heteroatoms. The van der Waals surface area contributed by atoms with Gasteiger partial charge < -0.3 is 14.1 Å². The number of aliphatic hydroxyl groups is 1. The molecular weight excluding hydrogens is 332 g/mol. The quantitative estimate of drug-likeness (QED) is 0.634. The Kier molecular flexibility index (Phi) is 5.45. The third-order valence-electron chi connectivity index (χ3n) is 4.61. The summed E-state index contributed by atoms with van der Waals surface area (Å²) in [7, 11) is -1.86. The maximum atomic E-state index is 9.41. The first kappa shape index (κ1) is 18.3. The zero-order valence-corrected chi connectivity index (χ0v) is 16.1. The summed E-state index contributed by atoms with van der Waals surface area (Å²) in [5.41, 5.74) is 1.24. The largest absolute Gasteiger partial charge is 0.415 e. The van der Waals surface area contributed by atoms with Gasteiger partial charge >= 0.3 is 0 Å². The van der Waals surface area contributed by atoms with Gasteiger partial charge in [-0.2, -0.15) is 0 Å². The highest BCUT2D eigenvalue weighted by Gasteiger charge is 2.37. The Hall–Kier alpha value is -1.02. The molecule has 0 aliphatic carbocycles. The van der Waals surface area contributed by atoms with Crippen molar-refractivity contribution in [2.24, 2.45) is 0 Å². The van der Waals surface area contributed by atoms with E-state index in [0.717, 1.165) is 0 Å². The lowest BCUT2D eigenvalue weighted by atomic mass is 10.2. The molecule has 23 heavy (non-hydrogen) atoms. The molecule has 1 atom stereocenters. The highest BCUT2D eigenvalue weighted by atomic mass is 35.5. The number of rotatable bonds is 6. The summed E-state index contributed by atoms with van der Waals surface area (Å²) in [4.78, 5) is 12.5. The van der Waals surface area contributed by atoms with E-state index in [0.29, 0.717) is 29.3 Å². The molecular formula is C15H25ClN4O2Si. The van der Waals surface area contributed by atoms with Gasteiger partial charge in [0, 0.05) is 6.61 Å². The Morgan fingerprint density at radius 3 is 2.61 bits per heavy atom. The number of aromatic nitrogens is 4. The smallest absolute Gasteiger partial charge is 0.192 e. The molecule has 128 valence electrons. The van der Waals surface area contributed by atoms with Gasteiger partial charge in [0.1, 0.15) is 11.8 Å². The lowest BCUT2D eigenvalue weighted by Crippen LogP contribution is -2.42. The van der Waals surface area contributed by atoms with E-state index in [1.54, 1.807) is 6.33 Å². The molecule has 6 nitrogen and oxygen atoms in total. The number of hydrogen-bond donors (Lipinski definition) is 1. The second-order valence-corrected chi connectivity index (χ2v) is 12.4. The number of fused-ring (bicyclic) bond motifs is 1. The van der Waals surface area contributed by atoms with Gasteiger partial charge in [-0.15, -0.1) is 0 Å². The first-order chi connectivity index (χ1) is 10.7. The average Bonchev–Trinajstić information content (AvgIpc) is 2.87. The summed E-state index contributed by atoms with van der Waals surface area (Å²) in [5.74, 6) is 0. The van der Waals surface area contributed by atoms with Crippen molar-refractivity contribution < 1.29 is 9.53 Å². The van der Waals surface area contributed by atoms with Crippen LogP contribution in [-0.2, 0) is 4.43 Å². The normalized spacial score (nSPS) is 14.4. The predicted molar refractivity (Wildman–Crippen MR) is 94.2 cm³/mol. The van der Waals surface area contributed by atoms with Crippen molar-refractivity contribution in [3.8, 4) is 0 Å². The fourth-order valence-corrected chi connectivity index (χ4v) is 3.28. The van der Waals surface area contributed by atoms with Crippen LogP contribution in [0.1, 0.15) is 33.2 Å². The maximum absolute atomic E-state index is 9.41. The van der Waals surface area contributed by atoms with Gasteiger partial charge in [-0.05, 0) is 24.6 Å². The molecule has 0 aliphatic rings. The zero-order valence-electron chi connectivity index (χ0n) is 14.4. The van der Waals surface area contributed by atoms with Crippen LogP contribution in [0.25, 0.3) is 11.2 Å². The molecule has 0 saturated heterocycles. The average molecular weight is 357 g/mol. The number of aliphatic hydroxyl groups excluding tert-OH is 1. The van der Waals surface area contributed by atoms with E-state index < -0.39 is 8.32 Å². The van der Waals surface area contributed by atoms with E-state index in [9.17, 15) is 5.11 Å². The Labute approximate surface area is 143 Å². The van der Waals surface area contributed by atoms with Gasteiger partial charge in [-0.1, -0.05) is 32.4 Å². The van der Waals surface area contributed by atoms with Gasteiger partial charge in [0.25, 0.3) is 0 Å². The van der Waals surface area contributed by atoms with Crippen molar-refractivity contribution in [1.29, 1.82) is 0 Å². The second-order valence-electron chi connectivity index (χ2n) is 7.23. The SMILES string of the molecule is CC(C)(C)[Si](C)(C)OCC(CCO)n1cnc2c(Cl)ncnc21. The molecule has 0 fully saturated rings. The highest BCUT2D eigenvalue weighted by Crippen LogP contribution is 2.37. The monoisotopic (exact) mass is 356 g/mol. The molecule has 0 bridgehead atoms. The number of nitrogens with zero attached hydrogens (tertiary/aromatic N) is 4. The van der Waals surface area contributed by atoms with E-state index in [2.05, 4.69) is 48.8 Å². The second kappa shape index (κ2) is 6.84. The summed E-state index contributed by atoms with van der Waals surface area (Å²) in [6.07, 6.45) is 3.69. The number of hydrogen-bond acceptors (Lipinski definition) is 5. The Balaban J connectivity index is 2.26. The molecule has 0 aliphatic heterocycles. The summed E-state index contributed by atoms with van der Waals surface area (Å²) >= 11 is 6.06. The van der Waals surface area contributed by atoms with Crippen LogP contribution in [0.5, 0.6) is 0 Å². The fraction of sp³-hybridized carbons (Fsp3) is 0.667. The number of imidazole rings is 1. The lowest BCUT2D eigenvalue weighted by Gasteiger charge is -2.37. The highest BCUT2D eigenvalue weighted by molar-refractivity contribution is 6.74. The van der Waals surface area contributed by atoms with Crippen molar-refractivity contribution in [3.05, 3.63) is 17.8 Å². The summed E-state index contributed by atoms with van der Waals surface area (Å²) in [6, 6.07) is -0.0370. The summed E-state index contributed by atoms with van der Waals surface area (Å²) in [6.45, 7) is 11.6. The van der Waals surface area contributed by atoms with Crippen molar-refractivity contribution in [2.45, 2.75) is 51.4 Å². The van der Waals surface area contributed by atoms with E-state index in [4.69, 9.17) is 16.0 Å². The molecule has 1 unspecified atom stereocenters. The van der Waals surface area contributed by atoms with E-state index >= 15 is 0 Å². The molecule has 0 radical (unpaired) electrons. The van der Waals surface area contributed by atoms with Crippen LogP contribution in [0.4, 0.5) is 0 Å². The Bertz CT molecular complexity index is 669. The molecule has 0 saturated carbocycles. The standard InChI is InChI=1S/C15H25ClN4O2Si/c1-15(2,3)23(4,5)22-8-11(6-7-21)20-10-19-12-13(16)17-9-18-14(12)20/h9-11,21H,6-8H2,1-5H3. The topological polar surface area (TPSA) is 73.1 Å². The van der Waals surface area contributed by atoms with Crippen LogP contribution in [0, 0.1) is 0 Å². The first-order valence-corrected chi connectivity index (χ1v) is 11.0. The van der Waals surface area contributed by atoms with Crippen molar-refractivity contribution >= 4 is 31.1 Å². The molecule has 2 rings (SSSR count). The van der Waals surface area contributed by atoms with Gasteiger partial charge in [0.05, 0.1) is 19.0 Å². The van der Waals surface area contributed by atoms with E-state index in [1.807, 2.05) is 4.57 Å². The fourth-order valence-electron chi connectivity index (χ4n) is 2.06. The molecule has 2 heterocycles. The van der Waals surface area contributed by atoms with Crippen LogP contribution < -0.4 is 0 Å². The maximum Gasteiger partial charge on any atom is 0.192 e. The van der Waals surface area contributed by atoms with Crippen LogP contribution >= 0.6 is 11.6 Å². The summed E-state index contributed by atoms with van der Waals surface area (Å²) in [5, 5.41) is 9.89. The van der Waals surface area contributed by atoms with Crippen molar-refractivity contribution in [3.63, 3.8) is 0 Å². The third kappa shape index (κ3) is 3.91. The van der Waals surface area contributed by atoms with Gasteiger partial charge in [-0.25, -0.2) is 15.0 Å². The molecule has 0 aromatic carbocycles. The summed E-state index contributed by atoms with van der Waals surface area (Å²) < 4.78 is 8.24. The zero-order chi connectivity index (χ0) is 17.3. The van der Waals surface area contributed by atoms with Gasteiger partial charge in [0.2, 0.25) is 0 Å². The van der Waals surface area contributed by atoms with Crippen LogP contribution in [0.2, 0.25) is 23.3 Å². The van der Waals surface area contributed by atoms with Crippen LogP contribution in [0.15, 0.2) is 12.7 Å². The predicted octanol–water partition coefficient (Wildman–Crippen LogP) is 3.43.